The summed E-state index contributed by atoms with van der Waals surface area (Å²) in [5, 5.41) is 3.71. The van der Waals surface area contributed by atoms with Gasteiger partial charge in [-0.1, -0.05) is 19.9 Å². The van der Waals surface area contributed by atoms with Gasteiger partial charge < -0.3 is 20.7 Å². The summed E-state index contributed by atoms with van der Waals surface area (Å²) in [6, 6.07) is 7.70. The topological polar surface area (TPSA) is 50.5 Å². The molecule has 0 atom stereocenters. The van der Waals surface area contributed by atoms with Crippen LogP contribution in [0.25, 0.3) is 0 Å². The van der Waals surface area contributed by atoms with Crippen LogP contribution in [-0.4, -0.2) is 42.8 Å². The van der Waals surface area contributed by atoms with Crippen molar-refractivity contribution in [2.75, 3.05) is 30.7 Å². The van der Waals surface area contributed by atoms with E-state index in [1.54, 1.807) is 0 Å². The summed E-state index contributed by atoms with van der Waals surface area (Å²) in [7, 11) is 0. The Bertz CT molecular complexity index is 546. The molecule has 0 unspecified atom stereocenters. The van der Waals surface area contributed by atoms with Gasteiger partial charge in [-0.15, -0.1) is 0 Å². The number of nitrogens with one attached hydrogen (secondary N) is 1. The number of hydrogen-bond acceptors (Lipinski definition) is 4. The molecule has 0 amide bonds. The van der Waals surface area contributed by atoms with Crippen molar-refractivity contribution in [3.05, 3.63) is 23.8 Å². The van der Waals surface area contributed by atoms with E-state index in [4.69, 9.17) is 10.5 Å². The summed E-state index contributed by atoms with van der Waals surface area (Å²) in [5.41, 5.74) is 9.51. The maximum Gasteiger partial charge on any atom is 0.0578 e. The maximum absolute atomic E-state index is 6.17. The highest BCUT2D eigenvalue weighted by Gasteiger charge is 2.29. The number of nitrogen functional groups attached to an aromatic ring is 1. The molecule has 2 fully saturated rings. The van der Waals surface area contributed by atoms with E-state index in [9.17, 15) is 0 Å². The van der Waals surface area contributed by atoms with E-state index in [2.05, 4.69) is 36.2 Å². The number of anilines is 2. The predicted molar refractivity (Wildman–Crippen MR) is 111 cm³/mol. The highest BCUT2D eigenvalue weighted by molar-refractivity contribution is 5.67. The lowest BCUT2D eigenvalue weighted by molar-refractivity contribution is 0.00428. The van der Waals surface area contributed by atoms with Gasteiger partial charge >= 0.3 is 0 Å². The lowest BCUT2D eigenvalue weighted by atomic mass is 9.90. The van der Waals surface area contributed by atoms with Crippen LogP contribution in [0.3, 0.4) is 0 Å². The molecular formula is C22H37N3O. The zero-order valence-electron chi connectivity index (χ0n) is 16.7. The molecule has 1 aromatic carbocycles. The summed E-state index contributed by atoms with van der Waals surface area (Å²) >= 11 is 0. The van der Waals surface area contributed by atoms with Gasteiger partial charge in [0.05, 0.1) is 17.5 Å². The van der Waals surface area contributed by atoms with Gasteiger partial charge in [0.25, 0.3) is 0 Å². The van der Waals surface area contributed by atoms with Crippen LogP contribution in [0.1, 0.15) is 64.4 Å². The highest BCUT2D eigenvalue weighted by Crippen LogP contribution is 2.29. The SMILES string of the molecule is CCCO[C@H]1CC[C@H](N2CCC(Nc3cc(CC)ccc3N)CC2)CC1. The van der Waals surface area contributed by atoms with Crippen LogP contribution in [-0.2, 0) is 11.2 Å². The fourth-order valence-corrected chi connectivity index (χ4v) is 4.44. The monoisotopic (exact) mass is 359 g/mol. The molecule has 3 N–H and O–H groups in total. The first kappa shape index (κ1) is 19.5. The van der Waals surface area contributed by atoms with Crippen molar-refractivity contribution in [2.24, 2.45) is 0 Å². The first-order valence-electron chi connectivity index (χ1n) is 10.7. The van der Waals surface area contributed by atoms with Crippen LogP contribution in [0.4, 0.5) is 11.4 Å². The Hall–Kier alpha value is -1.26. The van der Waals surface area contributed by atoms with Crippen LogP contribution in [0.15, 0.2) is 18.2 Å². The number of nitrogens with zero attached hydrogens (tertiary/aromatic N) is 1. The summed E-state index contributed by atoms with van der Waals surface area (Å²) in [5.74, 6) is 0. The summed E-state index contributed by atoms with van der Waals surface area (Å²) in [6.45, 7) is 7.72. The minimum absolute atomic E-state index is 0.513. The molecule has 0 aromatic heterocycles. The minimum Gasteiger partial charge on any atom is -0.397 e. The predicted octanol–water partition coefficient (Wildman–Crippen LogP) is 4.45. The second kappa shape index (κ2) is 9.61. The molecule has 1 aromatic rings. The summed E-state index contributed by atoms with van der Waals surface area (Å²) in [4.78, 5) is 2.72. The van der Waals surface area contributed by atoms with Crippen molar-refractivity contribution in [1.82, 2.24) is 4.90 Å². The number of rotatable bonds is 7. The number of aryl methyl sites for hydroxylation is 1. The second-order valence-corrected chi connectivity index (χ2v) is 8.03. The minimum atomic E-state index is 0.513. The van der Waals surface area contributed by atoms with E-state index >= 15 is 0 Å². The Morgan fingerprint density at radius 3 is 2.46 bits per heavy atom. The molecule has 26 heavy (non-hydrogen) atoms. The molecule has 1 aliphatic heterocycles. The summed E-state index contributed by atoms with van der Waals surface area (Å²) in [6.07, 6.45) is 10.2. The molecule has 0 bridgehead atoms. The number of ether oxygens (including phenoxy) is 1. The first-order chi connectivity index (χ1) is 12.7. The normalized spacial score (nSPS) is 25.3. The molecule has 4 heteroatoms. The smallest absolute Gasteiger partial charge is 0.0578 e. The molecule has 0 radical (unpaired) electrons. The fourth-order valence-electron chi connectivity index (χ4n) is 4.44. The van der Waals surface area contributed by atoms with E-state index in [0.717, 1.165) is 36.9 Å². The van der Waals surface area contributed by atoms with Crippen molar-refractivity contribution in [3.8, 4) is 0 Å². The van der Waals surface area contributed by atoms with Crippen LogP contribution < -0.4 is 11.1 Å². The van der Waals surface area contributed by atoms with E-state index in [0.29, 0.717) is 12.1 Å². The van der Waals surface area contributed by atoms with Gasteiger partial charge in [0.2, 0.25) is 0 Å². The van der Waals surface area contributed by atoms with Crippen molar-refractivity contribution in [3.63, 3.8) is 0 Å². The first-order valence-corrected chi connectivity index (χ1v) is 10.7. The molecule has 0 spiro atoms. The molecule has 1 aliphatic carbocycles. The average Bonchev–Trinajstić information content (AvgIpc) is 2.69. The van der Waals surface area contributed by atoms with Gasteiger partial charge in [0.15, 0.2) is 0 Å². The third kappa shape index (κ3) is 5.14. The third-order valence-corrected chi connectivity index (χ3v) is 6.13. The van der Waals surface area contributed by atoms with Crippen molar-refractivity contribution >= 4 is 11.4 Å². The standard InChI is InChI=1S/C22H37N3O/c1-3-15-26-20-8-6-19(7-9-20)25-13-11-18(12-14-25)24-22-16-17(4-2)5-10-21(22)23/h5,10,16,18-20,24H,3-4,6-9,11-15,23H2,1-2H3/t19-,20-. The van der Waals surface area contributed by atoms with Crippen LogP contribution in [0.5, 0.6) is 0 Å². The summed E-state index contributed by atoms with van der Waals surface area (Å²) < 4.78 is 5.94. The largest absolute Gasteiger partial charge is 0.397 e. The quantitative estimate of drug-likeness (QED) is 0.707. The number of nitrogens with two attached hydrogens (primary N) is 1. The number of benzene rings is 1. The molecule has 2 aliphatic rings. The molecule has 146 valence electrons. The van der Waals surface area contributed by atoms with Gasteiger partial charge in [0.1, 0.15) is 0 Å². The van der Waals surface area contributed by atoms with Crippen molar-refractivity contribution in [2.45, 2.75) is 83.4 Å². The Labute approximate surface area is 159 Å². The van der Waals surface area contributed by atoms with E-state index in [-0.39, 0.29) is 0 Å². The molecule has 3 rings (SSSR count). The molecular weight excluding hydrogens is 322 g/mol. The Morgan fingerprint density at radius 2 is 1.81 bits per heavy atom. The van der Waals surface area contributed by atoms with Gasteiger partial charge in [-0.25, -0.2) is 0 Å². The molecule has 4 nitrogen and oxygen atoms in total. The van der Waals surface area contributed by atoms with Crippen LogP contribution in [0, 0.1) is 0 Å². The lowest BCUT2D eigenvalue weighted by Crippen LogP contribution is -2.46. The maximum atomic E-state index is 6.17. The molecule has 1 heterocycles. The van der Waals surface area contributed by atoms with Gasteiger partial charge in [0, 0.05) is 31.8 Å². The lowest BCUT2D eigenvalue weighted by Gasteiger charge is -2.41. The van der Waals surface area contributed by atoms with Crippen molar-refractivity contribution in [1.29, 1.82) is 0 Å². The van der Waals surface area contributed by atoms with E-state index < -0.39 is 0 Å². The van der Waals surface area contributed by atoms with Gasteiger partial charge in [-0.3, -0.25) is 0 Å². The fraction of sp³-hybridized carbons (Fsp3) is 0.727. The van der Waals surface area contributed by atoms with E-state index in [1.165, 1.54) is 57.2 Å². The zero-order chi connectivity index (χ0) is 18.4. The zero-order valence-corrected chi connectivity index (χ0v) is 16.7. The molecule has 1 saturated heterocycles. The number of likely N-dealkylation sites (tertiary alicyclic amines) is 1. The second-order valence-electron chi connectivity index (χ2n) is 8.03. The highest BCUT2D eigenvalue weighted by atomic mass is 16.5. The van der Waals surface area contributed by atoms with Crippen molar-refractivity contribution < 1.29 is 4.74 Å². The van der Waals surface area contributed by atoms with Gasteiger partial charge in [-0.05, 0) is 69.1 Å². The van der Waals surface area contributed by atoms with E-state index in [1.807, 2.05) is 6.07 Å². The number of hydrogen-bond donors (Lipinski definition) is 2. The van der Waals surface area contributed by atoms with Crippen LogP contribution in [0.2, 0.25) is 0 Å². The van der Waals surface area contributed by atoms with Crippen LogP contribution >= 0.6 is 0 Å². The average molecular weight is 360 g/mol. The Balaban J connectivity index is 1.43. The number of piperidine rings is 1. The van der Waals surface area contributed by atoms with Gasteiger partial charge in [-0.2, -0.15) is 0 Å². The Morgan fingerprint density at radius 1 is 1.08 bits per heavy atom. The molecule has 1 saturated carbocycles. The Kier molecular flexibility index (Phi) is 7.21. The third-order valence-electron chi connectivity index (χ3n) is 6.13.